The van der Waals surface area contributed by atoms with Crippen LogP contribution in [0.15, 0.2) is 18.2 Å². The molecule has 1 fully saturated rings. The maximum absolute atomic E-state index is 2.57. The van der Waals surface area contributed by atoms with Gasteiger partial charge in [-0.15, -0.1) is 0 Å². The monoisotopic (exact) mass is 298 g/mol. The quantitative estimate of drug-likeness (QED) is 0.559. The van der Waals surface area contributed by atoms with Crippen molar-refractivity contribution in [2.45, 2.75) is 72.6 Å². The fraction of sp³-hybridized carbons (Fsp3) is 0.636. The Kier molecular flexibility index (Phi) is 4.76. The lowest BCUT2D eigenvalue weighted by atomic mass is 9.71. The molecule has 0 bridgehead atoms. The summed E-state index contributed by atoms with van der Waals surface area (Å²) in [6.07, 6.45) is 12.5. The lowest BCUT2D eigenvalue weighted by molar-refractivity contribution is 0.202. The summed E-state index contributed by atoms with van der Waals surface area (Å²) >= 11 is 0. The van der Waals surface area contributed by atoms with Gasteiger partial charge in [0.1, 0.15) is 0 Å². The Hall–Kier alpha value is -1.04. The van der Waals surface area contributed by atoms with Crippen molar-refractivity contribution >= 4 is 5.57 Å². The van der Waals surface area contributed by atoms with E-state index in [0.717, 1.165) is 17.8 Å². The first kappa shape index (κ1) is 15.8. The first-order valence-electron chi connectivity index (χ1n) is 9.32. The summed E-state index contributed by atoms with van der Waals surface area (Å²) in [5, 5.41) is 0. The molecular formula is C22H34. The first-order valence-corrected chi connectivity index (χ1v) is 9.32. The van der Waals surface area contributed by atoms with Crippen LogP contribution in [0.2, 0.25) is 0 Å². The summed E-state index contributed by atoms with van der Waals surface area (Å²) in [5.74, 6) is 2.95. The highest BCUT2D eigenvalue weighted by atomic mass is 14.3. The fourth-order valence-electron chi connectivity index (χ4n) is 4.59. The fourth-order valence-corrected chi connectivity index (χ4v) is 4.59. The van der Waals surface area contributed by atoms with Crippen molar-refractivity contribution in [3.05, 3.63) is 40.5 Å². The summed E-state index contributed by atoms with van der Waals surface area (Å²) in [7, 11) is 0. The van der Waals surface area contributed by atoms with Gasteiger partial charge in [0.05, 0.1) is 0 Å². The van der Waals surface area contributed by atoms with Crippen LogP contribution in [0.3, 0.4) is 0 Å². The van der Waals surface area contributed by atoms with Gasteiger partial charge in [-0.25, -0.2) is 0 Å². The highest BCUT2D eigenvalue weighted by molar-refractivity contribution is 5.70. The van der Waals surface area contributed by atoms with Gasteiger partial charge < -0.3 is 0 Å². The number of hydrogen-bond acceptors (Lipinski definition) is 0. The van der Waals surface area contributed by atoms with Crippen LogP contribution in [-0.4, -0.2) is 0 Å². The summed E-state index contributed by atoms with van der Waals surface area (Å²) < 4.78 is 0. The Balaban J connectivity index is 0.00000192. The van der Waals surface area contributed by atoms with Crippen LogP contribution in [0.4, 0.5) is 0 Å². The predicted molar refractivity (Wildman–Crippen MR) is 99.2 cm³/mol. The molecule has 0 spiro atoms. The second-order valence-corrected chi connectivity index (χ2v) is 7.96. The highest BCUT2D eigenvalue weighted by Gasteiger charge is 2.27. The van der Waals surface area contributed by atoms with Crippen LogP contribution in [-0.2, 0) is 0 Å². The summed E-state index contributed by atoms with van der Waals surface area (Å²) in [6.45, 7) is 9.22. The molecule has 0 aromatic heterocycles. The Labute approximate surface area is 138 Å². The van der Waals surface area contributed by atoms with Crippen molar-refractivity contribution in [1.82, 2.24) is 0 Å². The van der Waals surface area contributed by atoms with E-state index < -0.39 is 0 Å². The zero-order valence-electron chi connectivity index (χ0n) is 14.9. The molecule has 0 amide bonds. The van der Waals surface area contributed by atoms with Crippen LogP contribution in [0.5, 0.6) is 0 Å². The number of aryl methyl sites for hydroxylation is 1. The van der Waals surface area contributed by atoms with Crippen molar-refractivity contribution in [3.63, 3.8) is 0 Å². The normalized spacial score (nSPS) is 29.3. The lowest BCUT2D eigenvalue weighted by Crippen LogP contribution is -2.22. The van der Waals surface area contributed by atoms with E-state index in [1.165, 1.54) is 67.2 Å². The zero-order chi connectivity index (χ0) is 15.7. The number of hydrogen-bond donors (Lipinski definition) is 0. The standard InChI is InChI=1S/C22H32.H2/c1-15-5-8-19(9-6-15)20-10-12-21(13-11-20)22-14-7-16(2)17(3)18(22)4;/h7,12,14-15,19-20H,5-6,8-11,13H2,1-4H3;1H. The van der Waals surface area contributed by atoms with Crippen LogP contribution in [0.25, 0.3) is 5.57 Å². The van der Waals surface area contributed by atoms with Gasteiger partial charge in [0, 0.05) is 1.43 Å². The van der Waals surface area contributed by atoms with Crippen LogP contribution < -0.4 is 0 Å². The molecule has 0 aliphatic heterocycles. The van der Waals surface area contributed by atoms with Gasteiger partial charge in [0.2, 0.25) is 0 Å². The molecule has 1 aromatic carbocycles. The van der Waals surface area contributed by atoms with Crippen molar-refractivity contribution in [3.8, 4) is 0 Å². The van der Waals surface area contributed by atoms with E-state index in [0.29, 0.717) is 0 Å². The molecule has 122 valence electrons. The van der Waals surface area contributed by atoms with Crippen molar-refractivity contribution in [1.29, 1.82) is 0 Å². The van der Waals surface area contributed by atoms with Gasteiger partial charge in [-0.3, -0.25) is 0 Å². The van der Waals surface area contributed by atoms with E-state index in [4.69, 9.17) is 0 Å². The average molecular weight is 299 g/mol. The molecule has 1 unspecified atom stereocenters. The van der Waals surface area contributed by atoms with E-state index in [1.807, 2.05) is 0 Å². The smallest absolute Gasteiger partial charge is 0 e. The number of rotatable bonds is 2. The molecular weight excluding hydrogens is 264 g/mol. The third-order valence-corrected chi connectivity index (χ3v) is 6.58. The Morgan fingerprint density at radius 2 is 1.59 bits per heavy atom. The van der Waals surface area contributed by atoms with Crippen LogP contribution in [0, 0.1) is 38.5 Å². The van der Waals surface area contributed by atoms with Crippen LogP contribution in [0.1, 0.15) is 75.5 Å². The van der Waals surface area contributed by atoms with Gasteiger partial charge in [-0.05, 0) is 98.5 Å². The third-order valence-electron chi connectivity index (χ3n) is 6.58. The Morgan fingerprint density at radius 1 is 0.864 bits per heavy atom. The molecule has 0 heteroatoms. The predicted octanol–water partition coefficient (Wildman–Crippen LogP) is 6.87. The van der Waals surface area contributed by atoms with Gasteiger partial charge in [0.25, 0.3) is 0 Å². The molecule has 0 N–H and O–H groups in total. The molecule has 2 aliphatic rings. The van der Waals surface area contributed by atoms with E-state index in [9.17, 15) is 0 Å². The molecule has 1 saturated carbocycles. The third kappa shape index (κ3) is 3.16. The lowest BCUT2D eigenvalue weighted by Gasteiger charge is -2.34. The second-order valence-electron chi connectivity index (χ2n) is 7.96. The van der Waals surface area contributed by atoms with Gasteiger partial charge in [-0.2, -0.15) is 0 Å². The topological polar surface area (TPSA) is 0 Å². The molecule has 0 heterocycles. The zero-order valence-corrected chi connectivity index (χ0v) is 14.9. The Morgan fingerprint density at radius 3 is 2.23 bits per heavy atom. The number of benzene rings is 1. The average Bonchev–Trinajstić information content (AvgIpc) is 2.54. The second kappa shape index (κ2) is 6.60. The highest BCUT2D eigenvalue weighted by Crippen LogP contribution is 2.41. The molecule has 1 atom stereocenters. The Bertz CT molecular complexity index is 562. The number of allylic oxidation sites excluding steroid dienone is 2. The minimum absolute atomic E-state index is 0. The molecule has 0 saturated heterocycles. The SMILES string of the molecule is Cc1ccc(C2=CCC(C3CCC(C)CC3)CC2)c(C)c1C.[HH]. The van der Waals surface area contributed by atoms with E-state index in [2.05, 4.69) is 45.9 Å². The molecule has 3 rings (SSSR count). The van der Waals surface area contributed by atoms with Gasteiger partial charge in [-0.1, -0.05) is 38.0 Å². The minimum Gasteiger partial charge on any atom is -0.0804 e. The van der Waals surface area contributed by atoms with E-state index >= 15 is 0 Å². The van der Waals surface area contributed by atoms with Crippen LogP contribution >= 0.6 is 0 Å². The molecule has 1 aromatic rings. The first-order chi connectivity index (χ1) is 10.6. The largest absolute Gasteiger partial charge is 0.0804 e. The van der Waals surface area contributed by atoms with E-state index in [-0.39, 0.29) is 1.43 Å². The van der Waals surface area contributed by atoms with Gasteiger partial charge >= 0.3 is 0 Å². The summed E-state index contributed by atoms with van der Waals surface area (Å²) in [5.41, 5.74) is 7.52. The van der Waals surface area contributed by atoms with Gasteiger partial charge in [0.15, 0.2) is 0 Å². The van der Waals surface area contributed by atoms with Crippen molar-refractivity contribution in [2.75, 3.05) is 0 Å². The molecule has 0 radical (unpaired) electrons. The maximum atomic E-state index is 2.57. The van der Waals surface area contributed by atoms with E-state index in [1.54, 1.807) is 5.57 Å². The minimum atomic E-state index is 0. The summed E-state index contributed by atoms with van der Waals surface area (Å²) in [6, 6.07) is 4.65. The molecule has 0 nitrogen and oxygen atoms in total. The van der Waals surface area contributed by atoms with Crippen molar-refractivity contribution in [2.24, 2.45) is 17.8 Å². The molecule has 2 aliphatic carbocycles. The van der Waals surface area contributed by atoms with Crippen molar-refractivity contribution < 1.29 is 1.43 Å². The summed E-state index contributed by atoms with van der Waals surface area (Å²) in [4.78, 5) is 0. The maximum Gasteiger partial charge on any atom is 0 e. The molecule has 22 heavy (non-hydrogen) atoms.